The third-order valence-corrected chi connectivity index (χ3v) is 4.63. The minimum Gasteiger partial charge on any atom is -0.487 e. The minimum absolute atomic E-state index is 0.376. The fraction of sp³-hybridized carbons (Fsp3) is 0.0833. The highest BCUT2D eigenvalue weighted by molar-refractivity contribution is 9.10. The zero-order valence-corrected chi connectivity index (χ0v) is 17.7. The number of nitrogens with one attached hydrogen (secondary N) is 1. The van der Waals surface area contributed by atoms with Crippen LogP contribution in [0.4, 0.5) is 5.82 Å². The molecule has 3 aromatic rings. The first-order valence-electron chi connectivity index (χ1n) is 9.53. The van der Waals surface area contributed by atoms with Gasteiger partial charge in [-0.15, -0.1) is 0 Å². The average Bonchev–Trinajstić information content (AvgIpc) is 3.01. The van der Waals surface area contributed by atoms with Gasteiger partial charge in [0.15, 0.2) is 11.6 Å². The number of para-hydroxylation sites is 2. The van der Waals surface area contributed by atoms with Crippen molar-refractivity contribution in [1.82, 2.24) is 4.98 Å². The molecule has 1 aliphatic heterocycles. The summed E-state index contributed by atoms with van der Waals surface area (Å²) in [6.07, 6.45) is 8.35. The standard InChI is InChI=1S/C24H20BrN3O2/c25-18-15-22(30-21-12-5-2-6-13-21)24(26-16-18)28-23-14-8-7-9-19(27-23)17-29-20-10-3-1-4-11-20/h1-13,15-16H,14,17H2,(H,26,27,28). The van der Waals surface area contributed by atoms with E-state index in [0.717, 1.165) is 27.5 Å². The van der Waals surface area contributed by atoms with Crippen molar-refractivity contribution in [3.8, 4) is 17.2 Å². The number of anilines is 1. The smallest absolute Gasteiger partial charge is 0.174 e. The quantitative estimate of drug-likeness (QED) is 0.463. The summed E-state index contributed by atoms with van der Waals surface area (Å²) in [7, 11) is 0. The number of pyridine rings is 1. The Bertz CT molecular complexity index is 1080. The molecular formula is C24H20BrN3O2. The summed E-state index contributed by atoms with van der Waals surface area (Å²) < 4.78 is 12.7. The molecule has 1 aromatic heterocycles. The van der Waals surface area contributed by atoms with Crippen molar-refractivity contribution in [2.45, 2.75) is 6.42 Å². The van der Waals surface area contributed by atoms with E-state index in [1.807, 2.05) is 85.0 Å². The monoisotopic (exact) mass is 461 g/mol. The van der Waals surface area contributed by atoms with Gasteiger partial charge in [-0.3, -0.25) is 0 Å². The number of ether oxygens (including phenoxy) is 2. The highest BCUT2D eigenvalue weighted by Crippen LogP contribution is 2.30. The van der Waals surface area contributed by atoms with Gasteiger partial charge >= 0.3 is 0 Å². The molecule has 0 saturated carbocycles. The van der Waals surface area contributed by atoms with Crippen LogP contribution in [0, 0.1) is 0 Å². The van der Waals surface area contributed by atoms with Gasteiger partial charge in [-0.2, -0.15) is 0 Å². The van der Waals surface area contributed by atoms with Crippen LogP contribution >= 0.6 is 15.9 Å². The Balaban J connectivity index is 1.50. The lowest BCUT2D eigenvalue weighted by Gasteiger charge is -2.14. The number of nitrogens with zero attached hydrogens (tertiary/aromatic N) is 2. The van der Waals surface area contributed by atoms with Crippen molar-refractivity contribution in [2.75, 3.05) is 11.9 Å². The maximum Gasteiger partial charge on any atom is 0.174 e. The molecule has 6 heteroatoms. The molecule has 0 spiro atoms. The molecule has 2 heterocycles. The van der Waals surface area contributed by atoms with Gasteiger partial charge in [-0.25, -0.2) is 9.98 Å². The van der Waals surface area contributed by atoms with Crippen LogP contribution in [0.15, 0.2) is 106 Å². The van der Waals surface area contributed by atoms with Crippen molar-refractivity contribution in [3.63, 3.8) is 0 Å². The maximum absolute atomic E-state index is 6.03. The Morgan fingerprint density at radius 1 is 0.967 bits per heavy atom. The SMILES string of the molecule is Brc1cnc(NC2=NC(COc3ccccc3)=CC=CC2)c(Oc2ccccc2)c1. The molecule has 0 atom stereocenters. The van der Waals surface area contributed by atoms with Crippen LogP contribution in [0.25, 0.3) is 0 Å². The number of hydrogen-bond donors (Lipinski definition) is 1. The average molecular weight is 462 g/mol. The number of hydrogen-bond acceptors (Lipinski definition) is 5. The number of benzene rings is 2. The van der Waals surface area contributed by atoms with Gasteiger partial charge in [0.25, 0.3) is 0 Å². The van der Waals surface area contributed by atoms with Crippen LogP contribution in [0.1, 0.15) is 6.42 Å². The molecule has 0 saturated heterocycles. The Morgan fingerprint density at radius 3 is 2.47 bits per heavy atom. The lowest BCUT2D eigenvalue weighted by Crippen LogP contribution is -2.14. The lowest BCUT2D eigenvalue weighted by atomic mass is 10.3. The highest BCUT2D eigenvalue weighted by atomic mass is 79.9. The molecule has 0 aliphatic carbocycles. The van der Waals surface area contributed by atoms with E-state index in [4.69, 9.17) is 14.5 Å². The van der Waals surface area contributed by atoms with Gasteiger partial charge in [-0.1, -0.05) is 48.6 Å². The van der Waals surface area contributed by atoms with E-state index >= 15 is 0 Å². The second-order valence-corrected chi connectivity index (χ2v) is 7.41. The van der Waals surface area contributed by atoms with Crippen LogP contribution < -0.4 is 14.8 Å². The molecule has 0 unspecified atom stereocenters. The fourth-order valence-electron chi connectivity index (χ4n) is 2.79. The summed E-state index contributed by atoms with van der Waals surface area (Å²) in [4.78, 5) is 9.21. The second-order valence-electron chi connectivity index (χ2n) is 6.49. The molecule has 150 valence electrons. The number of rotatable bonds is 6. The van der Waals surface area contributed by atoms with Crippen LogP contribution in [0.2, 0.25) is 0 Å². The maximum atomic E-state index is 6.03. The molecule has 5 nitrogen and oxygen atoms in total. The third kappa shape index (κ3) is 5.58. The Morgan fingerprint density at radius 2 is 1.70 bits per heavy atom. The molecule has 0 amide bonds. The van der Waals surface area contributed by atoms with Crippen molar-refractivity contribution in [2.24, 2.45) is 4.99 Å². The summed E-state index contributed by atoms with van der Waals surface area (Å²) in [5, 5.41) is 3.31. The van der Waals surface area contributed by atoms with E-state index in [2.05, 4.69) is 26.2 Å². The molecule has 1 aliphatic rings. The van der Waals surface area contributed by atoms with Crippen molar-refractivity contribution in [1.29, 1.82) is 0 Å². The molecule has 30 heavy (non-hydrogen) atoms. The third-order valence-electron chi connectivity index (χ3n) is 4.20. The van der Waals surface area contributed by atoms with Crippen LogP contribution in [0.3, 0.4) is 0 Å². The normalized spacial score (nSPS) is 13.1. The van der Waals surface area contributed by atoms with E-state index in [9.17, 15) is 0 Å². The van der Waals surface area contributed by atoms with Gasteiger partial charge in [0, 0.05) is 23.2 Å². The van der Waals surface area contributed by atoms with Crippen molar-refractivity contribution < 1.29 is 9.47 Å². The molecule has 0 radical (unpaired) electrons. The van der Waals surface area contributed by atoms with Gasteiger partial charge < -0.3 is 14.8 Å². The Labute approximate surface area is 183 Å². The first-order chi connectivity index (χ1) is 14.8. The predicted octanol–water partition coefficient (Wildman–Crippen LogP) is 6.37. The zero-order chi connectivity index (χ0) is 20.6. The lowest BCUT2D eigenvalue weighted by molar-refractivity contribution is 0.351. The van der Waals surface area contributed by atoms with Crippen LogP contribution in [-0.4, -0.2) is 17.4 Å². The Kier molecular flexibility index (Phi) is 6.57. The first kappa shape index (κ1) is 19.9. The van der Waals surface area contributed by atoms with Gasteiger partial charge in [-0.05, 0) is 46.3 Å². The van der Waals surface area contributed by atoms with E-state index in [1.54, 1.807) is 6.20 Å². The number of aliphatic imine (C=N–C) groups is 1. The Hall–Kier alpha value is -3.38. The summed E-state index contributed by atoms with van der Waals surface area (Å²) in [5.74, 6) is 3.51. The van der Waals surface area contributed by atoms with E-state index in [1.165, 1.54) is 0 Å². The summed E-state index contributed by atoms with van der Waals surface area (Å²) >= 11 is 3.46. The molecule has 0 bridgehead atoms. The van der Waals surface area contributed by atoms with E-state index < -0.39 is 0 Å². The number of aromatic nitrogens is 1. The fourth-order valence-corrected chi connectivity index (χ4v) is 3.10. The summed E-state index contributed by atoms with van der Waals surface area (Å²) in [6, 6.07) is 21.2. The molecule has 2 aromatic carbocycles. The van der Waals surface area contributed by atoms with Gasteiger partial charge in [0.05, 0.1) is 5.70 Å². The summed E-state index contributed by atoms with van der Waals surface area (Å²) in [5.41, 5.74) is 0.817. The molecule has 0 fully saturated rings. The zero-order valence-electron chi connectivity index (χ0n) is 16.2. The van der Waals surface area contributed by atoms with Crippen molar-refractivity contribution in [3.05, 3.63) is 101 Å². The van der Waals surface area contributed by atoms with E-state index in [0.29, 0.717) is 24.6 Å². The highest BCUT2D eigenvalue weighted by Gasteiger charge is 2.12. The predicted molar refractivity (Wildman–Crippen MR) is 123 cm³/mol. The summed E-state index contributed by atoms with van der Waals surface area (Å²) in [6.45, 7) is 0.376. The van der Waals surface area contributed by atoms with Crippen LogP contribution in [0.5, 0.6) is 17.2 Å². The number of halogens is 1. The number of amidine groups is 1. The van der Waals surface area contributed by atoms with Gasteiger partial charge in [0.1, 0.15) is 23.9 Å². The molecule has 1 N–H and O–H groups in total. The minimum atomic E-state index is 0.376. The first-order valence-corrected chi connectivity index (χ1v) is 10.3. The number of allylic oxidation sites excluding steroid dienone is 2. The topological polar surface area (TPSA) is 55.7 Å². The second kappa shape index (κ2) is 9.89. The van der Waals surface area contributed by atoms with Crippen LogP contribution in [-0.2, 0) is 0 Å². The van der Waals surface area contributed by atoms with Crippen molar-refractivity contribution >= 4 is 27.6 Å². The van der Waals surface area contributed by atoms with E-state index in [-0.39, 0.29) is 0 Å². The molecular weight excluding hydrogens is 442 g/mol. The largest absolute Gasteiger partial charge is 0.487 e. The molecule has 4 rings (SSSR count). The van der Waals surface area contributed by atoms with Gasteiger partial charge in [0.2, 0.25) is 0 Å².